The van der Waals surface area contributed by atoms with Crippen LogP contribution in [0.25, 0.3) is 0 Å². The number of aliphatic hydroxyl groups excluding tert-OH is 1. The molecule has 4 rings (SSSR count). The third-order valence-electron chi connectivity index (χ3n) is 5.09. The Kier molecular flexibility index (Phi) is 4.07. The Morgan fingerprint density at radius 3 is 3.04 bits per heavy atom. The molecule has 0 aromatic heterocycles. The molecule has 2 heterocycles. The monoisotopic (exact) mass is 325 g/mol. The van der Waals surface area contributed by atoms with Crippen molar-refractivity contribution in [2.24, 2.45) is 0 Å². The fourth-order valence-corrected chi connectivity index (χ4v) is 3.86. The Balaban J connectivity index is 1.62. The zero-order valence-corrected chi connectivity index (χ0v) is 13.9. The highest BCUT2D eigenvalue weighted by Gasteiger charge is 2.36. The number of likely N-dealkylation sites (tertiary alicyclic amines) is 1. The van der Waals surface area contributed by atoms with E-state index in [1.807, 2.05) is 0 Å². The first kappa shape index (κ1) is 15.3. The van der Waals surface area contributed by atoms with Crippen LogP contribution in [-0.2, 0) is 9.47 Å². The lowest BCUT2D eigenvalue weighted by atomic mass is 9.98. The Morgan fingerprint density at radius 1 is 1.38 bits per heavy atom. The van der Waals surface area contributed by atoms with Crippen molar-refractivity contribution in [3.8, 4) is 0 Å². The summed E-state index contributed by atoms with van der Waals surface area (Å²) in [5.41, 5.74) is 4.10. The maximum Gasteiger partial charge on any atom is 0.119 e. The van der Waals surface area contributed by atoms with Gasteiger partial charge in [-0.2, -0.15) is 0 Å². The van der Waals surface area contributed by atoms with Crippen molar-refractivity contribution < 1.29 is 14.6 Å². The van der Waals surface area contributed by atoms with Crippen LogP contribution in [0.3, 0.4) is 0 Å². The molecule has 0 aromatic carbocycles. The largest absolute Gasteiger partial charge is 0.508 e. The van der Waals surface area contributed by atoms with Crippen molar-refractivity contribution in [1.82, 2.24) is 4.90 Å². The van der Waals surface area contributed by atoms with Gasteiger partial charge in [0.1, 0.15) is 18.1 Å². The van der Waals surface area contributed by atoms with E-state index in [4.69, 9.17) is 9.47 Å². The summed E-state index contributed by atoms with van der Waals surface area (Å²) in [5.74, 6) is 1.11. The molecule has 126 valence electrons. The zero-order valence-electron chi connectivity index (χ0n) is 13.9. The van der Waals surface area contributed by atoms with E-state index in [2.05, 4.69) is 35.3 Å². The molecule has 0 aromatic rings. The van der Waals surface area contributed by atoms with Gasteiger partial charge in [-0.15, -0.1) is 0 Å². The maximum atomic E-state index is 9.75. The van der Waals surface area contributed by atoms with E-state index in [0.29, 0.717) is 25.0 Å². The average Bonchev–Trinajstić information content (AvgIpc) is 3.22. The van der Waals surface area contributed by atoms with Gasteiger partial charge in [0, 0.05) is 18.9 Å². The van der Waals surface area contributed by atoms with Gasteiger partial charge in [-0.1, -0.05) is 30.4 Å². The number of allylic oxidation sites excluding steroid dienone is 5. The molecule has 0 saturated carbocycles. The predicted octanol–water partition coefficient (Wildman–Crippen LogP) is 3.53. The van der Waals surface area contributed by atoms with Crippen molar-refractivity contribution in [3.63, 3.8) is 0 Å². The summed E-state index contributed by atoms with van der Waals surface area (Å²) in [4.78, 5) is 2.42. The molecule has 2 unspecified atom stereocenters. The average molecular weight is 325 g/mol. The van der Waals surface area contributed by atoms with Crippen molar-refractivity contribution in [2.45, 2.75) is 31.4 Å². The second-order valence-electron chi connectivity index (χ2n) is 6.56. The molecular weight excluding hydrogens is 302 g/mol. The van der Waals surface area contributed by atoms with Crippen molar-refractivity contribution in [2.75, 3.05) is 20.3 Å². The van der Waals surface area contributed by atoms with Gasteiger partial charge in [-0.05, 0) is 36.5 Å². The Hall–Kier alpha value is -2.20. The second kappa shape index (κ2) is 6.36. The number of aliphatic hydroxyl groups is 1. The van der Waals surface area contributed by atoms with Crippen LogP contribution in [0.4, 0.5) is 0 Å². The normalized spacial score (nSPS) is 28.5. The Labute approximate surface area is 142 Å². The van der Waals surface area contributed by atoms with E-state index in [1.165, 1.54) is 16.8 Å². The molecule has 2 atom stereocenters. The summed E-state index contributed by atoms with van der Waals surface area (Å²) >= 11 is 0. The number of fused-ring (bicyclic) bond motifs is 1. The highest BCUT2D eigenvalue weighted by molar-refractivity contribution is 5.45. The van der Waals surface area contributed by atoms with E-state index in [1.54, 1.807) is 19.3 Å². The number of hydrogen-bond acceptors (Lipinski definition) is 4. The number of hydrogen-bond donors (Lipinski definition) is 1. The third-order valence-corrected chi connectivity index (χ3v) is 5.09. The molecule has 24 heavy (non-hydrogen) atoms. The second-order valence-corrected chi connectivity index (χ2v) is 6.56. The molecule has 1 saturated heterocycles. The van der Waals surface area contributed by atoms with Gasteiger partial charge >= 0.3 is 0 Å². The van der Waals surface area contributed by atoms with Gasteiger partial charge in [0.15, 0.2) is 0 Å². The maximum absolute atomic E-state index is 9.75. The first-order valence-electron chi connectivity index (χ1n) is 8.53. The standard InChI is InChI=1S/C20H23NO3/c1-23-17-6-7-19-15(10-17)11-20(14-4-2-3-5-14)21(19)13-18-12-16(22)8-9-24-18/h2-4,7-8,10,12,17,20,22H,5-6,9,11,13H2,1H3. The predicted molar refractivity (Wildman–Crippen MR) is 93.3 cm³/mol. The van der Waals surface area contributed by atoms with Crippen LogP contribution in [0.5, 0.6) is 0 Å². The number of methoxy groups -OCH3 is 1. The van der Waals surface area contributed by atoms with Gasteiger partial charge < -0.3 is 19.5 Å². The fourth-order valence-electron chi connectivity index (χ4n) is 3.86. The lowest BCUT2D eigenvalue weighted by Crippen LogP contribution is -2.32. The lowest BCUT2D eigenvalue weighted by Gasteiger charge is -2.31. The lowest BCUT2D eigenvalue weighted by molar-refractivity contribution is 0.140. The van der Waals surface area contributed by atoms with Crippen LogP contribution >= 0.6 is 0 Å². The molecule has 4 nitrogen and oxygen atoms in total. The Bertz CT molecular complexity index is 708. The van der Waals surface area contributed by atoms with Gasteiger partial charge in [0.05, 0.1) is 18.7 Å². The summed E-state index contributed by atoms with van der Waals surface area (Å²) in [6.45, 7) is 1.12. The van der Waals surface area contributed by atoms with Crippen molar-refractivity contribution in [1.29, 1.82) is 0 Å². The Morgan fingerprint density at radius 2 is 2.29 bits per heavy atom. The smallest absolute Gasteiger partial charge is 0.119 e. The summed E-state index contributed by atoms with van der Waals surface area (Å²) < 4.78 is 11.2. The number of ether oxygens (including phenoxy) is 2. The highest BCUT2D eigenvalue weighted by atomic mass is 16.5. The molecule has 2 aliphatic heterocycles. The summed E-state index contributed by atoms with van der Waals surface area (Å²) in [6.07, 6.45) is 17.6. The van der Waals surface area contributed by atoms with E-state index < -0.39 is 0 Å². The molecule has 0 radical (unpaired) electrons. The van der Waals surface area contributed by atoms with E-state index in [0.717, 1.165) is 25.0 Å². The van der Waals surface area contributed by atoms with Crippen LogP contribution in [-0.4, -0.2) is 42.4 Å². The van der Waals surface area contributed by atoms with Crippen molar-refractivity contribution in [3.05, 3.63) is 70.9 Å². The SMILES string of the molecule is COC1C=C2CC(C3=CC=CC3)N(CC3=CC(O)=CCO3)C2=CC1. The molecule has 4 heteroatoms. The van der Waals surface area contributed by atoms with Gasteiger partial charge in [0.2, 0.25) is 0 Å². The minimum absolute atomic E-state index is 0.178. The highest BCUT2D eigenvalue weighted by Crippen LogP contribution is 2.41. The molecule has 1 N–H and O–H groups in total. The first-order valence-corrected chi connectivity index (χ1v) is 8.53. The molecule has 2 aliphatic carbocycles. The molecule has 0 bridgehead atoms. The van der Waals surface area contributed by atoms with Gasteiger partial charge in [0.25, 0.3) is 0 Å². The molecule has 1 fully saturated rings. The fraction of sp³-hybridized carbons (Fsp3) is 0.400. The minimum atomic E-state index is 0.178. The summed E-state index contributed by atoms with van der Waals surface area (Å²) in [7, 11) is 1.77. The van der Waals surface area contributed by atoms with Crippen LogP contribution in [0.1, 0.15) is 19.3 Å². The van der Waals surface area contributed by atoms with Gasteiger partial charge in [-0.3, -0.25) is 0 Å². The van der Waals surface area contributed by atoms with E-state index >= 15 is 0 Å². The van der Waals surface area contributed by atoms with Crippen LogP contribution in [0.15, 0.2) is 70.9 Å². The molecule has 4 aliphatic rings. The summed E-state index contributed by atoms with van der Waals surface area (Å²) in [6, 6.07) is 0.352. The molecule has 0 spiro atoms. The van der Waals surface area contributed by atoms with E-state index in [9.17, 15) is 5.11 Å². The molecule has 0 amide bonds. The zero-order chi connectivity index (χ0) is 16.5. The van der Waals surface area contributed by atoms with Crippen LogP contribution in [0, 0.1) is 0 Å². The van der Waals surface area contributed by atoms with Crippen LogP contribution in [0.2, 0.25) is 0 Å². The molecular formula is C20H23NO3. The summed E-state index contributed by atoms with van der Waals surface area (Å²) in [5, 5.41) is 9.75. The minimum Gasteiger partial charge on any atom is -0.508 e. The van der Waals surface area contributed by atoms with E-state index in [-0.39, 0.29) is 6.10 Å². The quantitative estimate of drug-likeness (QED) is 0.858. The van der Waals surface area contributed by atoms with Gasteiger partial charge in [-0.25, -0.2) is 0 Å². The number of rotatable bonds is 4. The first-order chi connectivity index (χ1) is 11.7. The number of nitrogens with zero attached hydrogens (tertiary/aromatic N) is 1. The topological polar surface area (TPSA) is 41.9 Å². The van der Waals surface area contributed by atoms with Crippen molar-refractivity contribution >= 4 is 0 Å². The third kappa shape index (κ3) is 2.82. The van der Waals surface area contributed by atoms with Crippen LogP contribution < -0.4 is 0 Å².